The summed E-state index contributed by atoms with van der Waals surface area (Å²) in [6, 6.07) is 9.75. The molecule has 3 aromatic rings. The molecule has 1 N–H and O–H groups in total. The summed E-state index contributed by atoms with van der Waals surface area (Å²) in [6.07, 6.45) is 0. The predicted octanol–water partition coefficient (Wildman–Crippen LogP) is 5.08. The van der Waals surface area contributed by atoms with Crippen LogP contribution in [0.5, 0.6) is 0 Å². The minimum atomic E-state index is -0.674. The number of aryl methyl sites for hydroxylation is 1. The average Bonchev–Trinajstić information content (AvgIpc) is 3.10. The number of hydrogen-bond donors (Lipinski definition) is 1. The van der Waals surface area contributed by atoms with Crippen LogP contribution in [0.3, 0.4) is 0 Å². The highest BCUT2D eigenvalue weighted by atomic mass is 32.2. The maximum absolute atomic E-state index is 14.1. The lowest BCUT2D eigenvalue weighted by molar-refractivity contribution is -0.384. The van der Waals surface area contributed by atoms with Crippen LogP contribution in [0.25, 0.3) is 0 Å². The van der Waals surface area contributed by atoms with Gasteiger partial charge in [0.05, 0.1) is 22.8 Å². The molecule has 0 fully saturated rings. The number of aromatic nitrogens is 1. The Morgan fingerprint density at radius 1 is 1.26 bits per heavy atom. The van der Waals surface area contributed by atoms with Gasteiger partial charge in [0.2, 0.25) is 0 Å². The van der Waals surface area contributed by atoms with E-state index in [2.05, 4.69) is 10.3 Å². The molecule has 1 amide bonds. The minimum Gasteiger partial charge on any atom is -0.462 e. The number of rotatable bonds is 7. The van der Waals surface area contributed by atoms with Crippen LogP contribution in [0.4, 0.5) is 15.2 Å². The summed E-state index contributed by atoms with van der Waals surface area (Å²) >= 11 is 1.91. The highest BCUT2D eigenvalue weighted by Crippen LogP contribution is 2.34. The number of benzene rings is 2. The molecular formula is C20H16FN3O5S2. The normalized spacial score (nSPS) is 10.5. The van der Waals surface area contributed by atoms with Gasteiger partial charge in [-0.05, 0) is 32.0 Å². The summed E-state index contributed by atoms with van der Waals surface area (Å²) in [6.45, 7) is 3.47. The average molecular weight is 461 g/mol. The second-order valence-electron chi connectivity index (χ2n) is 6.08. The number of nitro groups is 1. The monoisotopic (exact) mass is 461 g/mol. The Kier molecular flexibility index (Phi) is 6.98. The van der Waals surface area contributed by atoms with E-state index in [0.717, 1.165) is 29.2 Å². The SMILES string of the molecule is CCOC(=O)c1sc(NC(=O)c2cc([N+](=O)[O-])ccc2Sc2ccccc2F)nc1C. The number of carbonyl (C=O) groups excluding carboxylic acids is 2. The van der Waals surface area contributed by atoms with Gasteiger partial charge in [0, 0.05) is 21.9 Å². The molecule has 0 aliphatic heterocycles. The van der Waals surface area contributed by atoms with Gasteiger partial charge in [-0.2, -0.15) is 0 Å². The summed E-state index contributed by atoms with van der Waals surface area (Å²) in [5.41, 5.74) is 0.0808. The van der Waals surface area contributed by atoms with Crippen molar-refractivity contribution in [3.63, 3.8) is 0 Å². The van der Waals surface area contributed by atoms with Gasteiger partial charge < -0.3 is 4.74 Å². The van der Waals surface area contributed by atoms with Gasteiger partial charge >= 0.3 is 5.97 Å². The molecule has 1 heterocycles. The highest BCUT2D eigenvalue weighted by Gasteiger charge is 2.22. The molecule has 8 nitrogen and oxygen atoms in total. The Balaban J connectivity index is 1.93. The third kappa shape index (κ3) is 5.25. The fourth-order valence-corrected chi connectivity index (χ4v) is 4.35. The summed E-state index contributed by atoms with van der Waals surface area (Å²) in [7, 11) is 0. The molecule has 2 aromatic carbocycles. The molecular weight excluding hydrogens is 445 g/mol. The molecule has 0 aliphatic carbocycles. The number of halogens is 1. The number of thiazole rings is 1. The van der Waals surface area contributed by atoms with Crippen LogP contribution in [-0.4, -0.2) is 28.4 Å². The van der Waals surface area contributed by atoms with Crippen molar-refractivity contribution >= 4 is 45.8 Å². The van der Waals surface area contributed by atoms with Crippen LogP contribution in [0, 0.1) is 22.9 Å². The van der Waals surface area contributed by atoms with E-state index in [1.165, 1.54) is 24.3 Å². The van der Waals surface area contributed by atoms with E-state index >= 15 is 0 Å². The topological polar surface area (TPSA) is 111 Å². The van der Waals surface area contributed by atoms with Gasteiger partial charge in [0.1, 0.15) is 10.7 Å². The molecule has 0 saturated heterocycles. The van der Waals surface area contributed by atoms with E-state index in [9.17, 15) is 24.1 Å². The Labute approximate surface area is 184 Å². The van der Waals surface area contributed by atoms with Crippen LogP contribution in [0.15, 0.2) is 52.3 Å². The van der Waals surface area contributed by atoms with Crippen LogP contribution >= 0.6 is 23.1 Å². The first kappa shape index (κ1) is 22.4. The van der Waals surface area contributed by atoms with Crippen molar-refractivity contribution in [2.45, 2.75) is 23.6 Å². The highest BCUT2D eigenvalue weighted by molar-refractivity contribution is 7.99. The molecule has 0 bridgehead atoms. The van der Waals surface area contributed by atoms with Crippen LogP contribution in [0.1, 0.15) is 32.6 Å². The van der Waals surface area contributed by atoms with Gasteiger partial charge in [0.15, 0.2) is 5.13 Å². The molecule has 0 spiro atoms. The zero-order valence-electron chi connectivity index (χ0n) is 16.4. The van der Waals surface area contributed by atoms with E-state index in [-0.39, 0.29) is 32.8 Å². The first-order valence-corrected chi connectivity index (χ1v) is 10.6. The van der Waals surface area contributed by atoms with Crippen molar-refractivity contribution in [3.05, 3.63) is 74.5 Å². The van der Waals surface area contributed by atoms with E-state index in [1.807, 2.05) is 0 Å². The van der Waals surface area contributed by atoms with E-state index in [4.69, 9.17) is 4.74 Å². The Hall–Kier alpha value is -3.31. The number of anilines is 1. The summed E-state index contributed by atoms with van der Waals surface area (Å²) in [5.74, 6) is -1.71. The Morgan fingerprint density at radius 2 is 2.00 bits per heavy atom. The summed E-state index contributed by atoms with van der Waals surface area (Å²) < 4.78 is 19.0. The van der Waals surface area contributed by atoms with Gasteiger partial charge in [-0.25, -0.2) is 14.2 Å². The molecule has 31 heavy (non-hydrogen) atoms. The number of ether oxygens (including phenoxy) is 1. The lowest BCUT2D eigenvalue weighted by Crippen LogP contribution is -2.13. The molecule has 11 heteroatoms. The van der Waals surface area contributed by atoms with Gasteiger partial charge in [-0.3, -0.25) is 20.2 Å². The van der Waals surface area contributed by atoms with Crippen molar-refractivity contribution < 1.29 is 23.6 Å². The second-order valence-corrected chi connectivity index (χ2v) is 8.16. The first-order chi connectivity index (χ1) is 14.8. The number of carbonyl (C=O) groups is 2. The number of hydrogen-bond acceptors (Lipinski definition) is 8. The first-order valence-electron chi connectivity index (χ1n) is 8.96. The summed E-state index contributed by atoms with van der Waals surface area (Å²) in [5, 5.41) is 13.9. The van der Waals surface area contributed by atoms with Crippen LogP contribution < -0.4 is 5.32 Å². The number of esters is 1. The van der Waals surface area contributed by atoms with Gasteiger partial charge in [-0.15, -0.1) is 0 Å². The molecule has 1 aromatic heterocycles. The van der Waals surface area contributed by atoms with Crippen molar-refractivity contribution in [2.75, 3.05) is 11.9 Å². The molecule has 0 atom stereocenters. The lowest BCUT2D eigenvalue weighted by Gasteiger charge is -2.09. The molecule has 0 aliphatic rings. The maximum Gasteiger partial charge on any atom is 0.350 e. The van der Waals surface area contributed by atoms with Crippen molar-refractivity contribution in [3.8, 4) is 0 Å². The molecule has 3 rings (SSSR count). The maximum atomic E-state index is 14.1. The molecule has 0 saturated carbocycles. The third-order valence-corrected chi connectivity index (χ3v) is 6.13. The van der Waals surface area contributed by atoms with E-state index < -0.39 is 22.6 Å². The fraction of sp³-hybridized carbons (Fsp3) is 0.150. The number of nitrogens with zero attached hydrogens (tertiary/aromatic N) is 2. The Bertz CT molecular complexity index is 1170. The summed E-state index contributed by atoms with van der Waals surface area (Å²) in [4.78, 5) is 40.4. The minimum absolute atomic E-state index is 0.0204. The Morgan fingerprint density at radius 3 is 2.68 bits per heavy atom. The van der Waals surface area contributed by atoms with Crippen LogP contribution in [0.2, 0.25) is 0 Å². The van der Waals surface area contributed by atoms with Gasteiger partial charge in [-0.1, -0.05) is 35.2 Å². The van der Waals surface area contributed by atoms with Crippen molar-refractivity contribution in [1.29, 1.82) is 0 Å². The lowest BCUT2D eigenvalue weighted by atomic mass is 10.2. The number of nitrogens with one attached hydrogen (secondary N) is 1. The zero-order valence-corrected chi connectivity index (χ0v) is 18.0. The van der Waals surface area contributed by atoms with E-state index in [1.54, 1.807) is 26.0 Å². The fourth-order valence-electron chi connectivity index (χ4n) is 2.54. The number of nitro benzene ring substituents is 1. The number of non-ortho nitro benzene ring substituents is 1. The molecule has 0 unspecified atom stereocenters. The smallest absolute Gasteiger partial charge is 0.350 e. The second kappa shape index (κ2) is 9.67. The van der Waals surface area contributed by atoms with E-state index in [0.29, 0.717) is 10.6 Å². The quantitative estimate of drug-likeness (QED) is 0.297. The van der Waals surface area contributed by atoms with Crippen molar-refractivity contribution in [1.82, 2.24) is 4.98 Å². The largest absolute Gasteiger partial charge is 0.462 e. The molecule has 160 valence electrons. The number of amides is 1. The zero-order chi connectivity index (χ0) is 22.5. The van der Waals surface area contributed by atoms with Crippen molar-refractivity contribution in [2.24, 2.45) is 0 Å². The van der Waals surface area contributed by atoms with Gasteiger partial charge in [0.25, 0.3) is 11.6 Å². The molecule has 0 radical (unpaired) electrons. The third-order valence-electron chi connectivity index (χ3n) is 3.95. The van der Waals surface area contributed by atoms with Crippen LogP contribution in [-0.2, 0) is 4.74 Å². The standard InChI is InChI=1S/C20H16FN3O5S2/c1-3-29-19(26)17-11(2)22-20(31-17)23-18(25)13-10-12(24(27)28)8-9-15(13)30-16-7-5-4-6-14(16)21/h4-10H,3H2,1-2H3,(H,22,23,25). The predicted molar refractivity (Wildman–Crippen MR) is 114 cm³/mol.